The van der Waals surface area contributed by atoms with Crippen LogP contribution >= 0.6 is 0 Å². The van der Waals surface area contributed by atoms with Crippen molar-refractivity contribution in [3.05, 3.63) is 71.0 Å². The Bertz CT molecular complexity index is 459. The van der Waals surface area contributed by atoms with Gasteiger partial charge in [-0.3, -0.25) is 0 Å². The maximum atomic E-state index is 13.2. The average molecular weight is 229 g/mol. The van der Waals surface area contributed by atoms with Gasteiger partial charge in [-0.2, -0.15) is 0 Å². The normalized spacial score (nSPS) is 10.5. The number of benzene rings is 2. The smallest absolute Gasteiger partial charge is 0.123 e. The minimum absolute atomic E-state index is 0.165. The lowest BCUT2D eigenvalue weighted by atomic mass is 10.1. The summed E-state index contributed by atoms with van der Waals surface area (Å²) >= 11 is 0. The first kappa shape index (κ1) is 11.8. The van der Waals surface area contributed by atoms with E-state index in [1.165, 1.54) is 5.56 Å². The Morgan fingerprint density at radius 3 is 2.35 bits per heavy atom. The van der Waals surface area contributed by atoms with Gasteiger partial charge in [0.05, 0.1) is 0 Å². The van der Waals surface area contributed by atoms with E-state index < -0.39 is 0 Å². The van der Waals surface area contributed by atoms with E-state index in [0.717, 1.165) is 17.7 Å². The molecule has 0 atom stereocenters. The van der Waals surface area contributed by atoms with Gasteiger partial charge in [-0.05, 0) is 35.7 Å². The Balaban J connectivity index is 1.90. The number of hydrogen-bond donors (Lipinski definition) is 1. The van der Waals surface area contributed by atoms with Gasteiger partial charge in [0.15, 0.2) is 0 Å². The Hall–Kier alpha value is -1.67. The third kappa shape index (κ3) is 3.68. The van der Waals surface area contributed by atoms with E-state index in [1.807, 2.05) is 31.2 Å². The van der Waals surface area contributed by atoms with Gasteiger partial charge >= 0.3 is 0 Å². The topological polar surface area (TPSA) is 12.0 Å². The lowest BCUT2D eigenvalue weighted by molar-refractivity contribution is 0.618. The van der Waals surface area contributed by atoms with E-state index >= 15 is 0 Å². The largest absolute Gasteiger partial charge is 0.309 e. The zero-order chi connectivity index (χ0) is 12.1. The van der Waals surface area contributed by atoms with Crippen LogP contribution in [0.25, 0.3) is 0 Å². The lowest BCUT2D eigenvalue weighted by Gasteiger charge is -2.06. The fraction of sp³-hybridized carbons (Fsp3) is 0.200. The molecule has 0 heterocycles. The number of hydrogen-bond acceptors (Lipinski definition) is 1. The van der Waals surface area contributed by atoms with E-state index in [9.17, 15) is 4.39 Å². The predicted molar refractivity (Wildman–Crippen MR) is 68.1 cm³/mol. The lowest BCUT2D eigenvalue weighted by Crippen LogP contribution is -2.12. The number of aryl methyl sites for hydroxylation is 1. The molecule has 0 amide bonds. The summed E-state index contributed by atoms with van der Waals surface area (Å²) in [5, 5.41) is 3.31. The summed E-state index contributed by atoms with van der Waals surface area (Å²) in [4.78, 5) is 0. The second kappa shape index (κ2) is 5.60. The van der Waals surface area contributed by atoms with Crippen molar-refractivity contribution in [2.75, 3.05) is 0 Å². The molecule has 0 aromatic heterocycles. The van der Waals surface area contributed by atoms with Crippen LogP contribution in [-0.2, 0) is 13.1 Å². The van der Waals surface area contributed by atoms with E-state index in [-0.39, 0.29) is 5.82 Å². The van der Waals surface area contributed by atoms with E-state index in [0.29, 0.717) is 6.54 Å². The van der Waals surface area contributed by atoms with Crippen LogP contribution in [0.3, 0.4) is 0 Å². The van der Waals surface area contributed by atoms with Gasteiger partial charge in [-0.15, -0.1) is 0 Å². The monoisotopic (exact) mass is 229 g/mol. The highest BCUT2D eigenvalue weighted by Gasteiger charge is 1.98. The van der Waals surface area contributed by atoms with E-state index in [4.69, 9.17) is 0 Å². The predicted octanol–water partition coefficient (Wildman–Crippen LogP) is 3.42. The number of nitrogens with one attached hydrogen (secondary N) is 1. The quantitative estimate of drug-likeness (QED) is 0.847. The van der Waals surface area contributed by atoms with Crippen molar-refractivity contribution in [1.82, 2.24) is 5.32 Å². The molecule has 0 aliphatic carbocycles. The molecule has 2 aromatic carbocycles. The van der Waals surface area contributed by atoms with Crippen molar-refractivity contribution in [1.29, 1.82) is 0 Å². The molecule has 88 valence electrons. The van der Waals surface area contributed by atoms with E-state index in [2.05, 4.69) is 17.4 Å². The minimum Gasteiger partial charge on any atom is -0.309 e. The first-order valence-electron chi connectivity index (χ1n) is 5.75. The van der Waals surface area contributed by atoms with Crippen molar-refractivity contribution in [3.63, 3.8) is 0 Å². The molecule has 0 saturated heterocycles. The van der Waals surface area contributed by atoms with Gasteiger partial charge in [0.1, 0.15) is 5.82 Å². The summed E-state index contributed by atoms with van der Waals surface area (Å²) in [5.74, 6) is -0.165. The Morgan fingerprint density at radius 1 is 0.941 bits per heavy atom. The molecule has 1 N–H and O–H groups in total. The van der Waals surface area contributed by atoms with Crippen LogP contribution in [0.15, 0.2) is 48.5 Å². The zero-order valence-electron chi connectivity index (χ0n) is 9.91. The SMILES string of the molecule is Cc1cc(F)cc(CNCc2ccccc2)c1. The maximum absolute atomic E-state index is 13.2. The zero-order valence-corrected chi connectivity index (χ0v) is 9.91. The molecule has 0 spiro atoms. The number of halogens is 1. The molecule has 0 saturated carbocycles. The number of rotatable bonds is 4. The van der Waals surface area contributed by atoms with Crippen molar-refractivity contribution in [2.45, 2.75) is 20.0 Å². The van der Waals surface area contributed by atoms with Crippen molar-refractivity contribution in [3.8, 4) is 0 Å². The fourth-order valence-corrected chi connectivity index (χ4v) is 1.86. The molecule has 2 rings (SSSR count). The highest BCUT2D eigenvalue weighted by molar-refractivity contribution is 5.23. The summed E-state index contributed by atoms with van der Waals surface area (Å²) in [5.41, 5.74) is 3.18. The molecule has 2 heteroatoms. The minimum atomic E-state index is -0.165. The standard InChI is InChI=1S/C15H16FN/c1-12-7-14(9-15(16)8-12)11-17-10-13-5-3-2-4-6-13/h2-9,17H,10-11H2,1H3. The molecule has 0 radical (unpaired) electrons. The van der Waals surface area contributed by atoms with Crippen molar-refractivity contribution >= 4 is 0 Å². The Morgan fingerprint density at radius 2 is 1.65 bits per heavy atom. The van der Waals surface area contributed by atoms with Crippen LogP contribution in [-0.4, -0.2) is 0 Å². The highest BCUT2D eigenvalue weighted by Crippen LogP contribution is 2.08. The molecular weight excluding hydrogens is 213 g/mol. The third-order valence-electron chi connectivity index (χ3n) is 2.60. The van der Waals surface area contributed by atoms with Crippen LogP contribution in [0.2, 0.25) is 0 Å². The summed E-state index contributed by atoms with van der Waals surface area (Å²) in [7, 11) is 0. The molecule has 0 bridgehead atoms. The second-order valence-corrected chi connectivity index (χ2v) is 4.23. The highest BCUT2D eigenvalue weighted by atomic mass is 19.1. The van der Waals surface area contributed by atoms with Gasteiger partial charge < -0.3 is 5.32 Å². The molecule has 0 unspecified atom stereocenters. The van der Waals surface area contributed by atoms with Crippen molar-refractivity contribution in [2.24, 2.45) is 0 Å². The van der Waals surface area contributed by atoms with E-state index in [1.54, 1.807) is 12.1 Å². The summed E-state index contributed by atoms with van der Waals surface area (Å²) in [6, 6.07) is 15.3. The third-order valence-corrected chi connectivity index (χ3v) is 2.60. The van der Waals surface area contributed by atoms with Gasteiger partial charge in [0.25, 0.3) is 0 Å². The average Bonchev–Trinajstić information content (AvgIpc) is 2.29. The molecule has 0 aliphatic heterocycles. The van der Waals surface area contributed by atoms with Crippen LogP contribution in [0.5, 0.6) is 0 Å². The van der Waals surface area contributed by atoms with Gasteiger partial charge in [0.2, 0.25) is 0 Å². The summed E-state index contributed by atoms with van der Waals surface area (Å²) < 4.78 is 13.2. The first-order chi connectivity index (χ1) is 8.24. The van der Waals surface area contributed by atoms with Gasteiger partial charge in [-0.25, -0.2) is 4.39 Å². The summed E-state index contributed by atoms with van der Waals surface area (Å²) in [6.45, 7) is 3.40. The van der Waals surface area contributed by atoms with Crippen molar-refractivity contribution < 1.29 is 4.39 Å². The van der Waals surface area contributed by atoms with Gasteiger partial charge in [-0.1, -0.05) is 36.4 Å². The maximum Gasteiger partial charge on any atom is 0.123 e. The Kier molecular flexibility index (Phi) is 3.89. The second-order valence-electron chi connectivity index (χ2n) is 4.23. The Labute approximate surface area is 101 Å². The molecule has 2 aromatic rings. The fourth-order valence-electron chi connectivity index (χ4n) is 1.86. The van der Waals surface area contributed by atoms with Gasteiger partial charge in [0, 0.05) is 13.1 Å². The van der Waals surface area contributed by atoms with Crippen LogP contribution in [0.1, 0.15) is 16.7 Å². The first-order valence-corrected chi connectivity index (χ1v) is 5.75. The van der Waals surface area contributed by atoms with Crippen LogP contribution < -0.4 is 5.32 Å². The molecule has 0 fully saturated rings. The summed E-state index contributed by atoms with van der Waals surface area (Å²) in [6.07, 6.45) is 0. The molecule has 1 nitrogen and oxygen atoms in total. The van der Waals surface area contributed by atoms with Crippen LogP contribution in [0, 0.1) is 12.7 Å². The molecule has 17 heavy (non-hydrogen) atoms. The molecular formula is C15H16FN. The molecule has 0 aliphatic rings. The van der Waals surface area contributed by atoms with Crippen LogP contribution in [0.4, 0.5) is 4.39 Å².